The Hall–Kier alpha value is -0.680. The van der Waals surface area contributed by atoms with Gasteiger partial charge in [0, 0.05) is 14.1 Å². The van der Waals surface area contributed by atoms with Crippen molar-refractivity contribution in [3.8, 4) is 0 Å². The number of alkyl halides is 3. The molecular weight excluding hydrogens is 299 g/mol. The number of thiocarbonyl (C=S) groups is 1. The number of rotatable bonds is 2. The molecule has 118 valence electrons. The van der Waals surface area contributed by atoms with Crippen LogP contribution in [0.3, 0.4) is 0 Å². The van der Waals surface area contributed by atoms with Crippen LogP contribution in [0.5, 0.6) is 0 Å². The number of nitrogens with two attached hydrogens (primary N) is 1. The number of nitrogens with zero attached hydrogens (tertiary/aromatic N) is 1. The first-order valence-electron chi connectivity index (χ1n) is 5.83. The monoisotopic (exact) mass is 317 g/mol. The number of aliphatic hydroxyl groups is 2. The number of hydrogen-bond acceptors (Lipinski definition) is 5. The third kappa shape index (κ3) is 3.92. The summed E-state index contributed by atoms with van der Waals surface area (Å²) in [6.45, 7) is -0.249. The second-order valence-corrected chi connectivity index (χ2v) is 5.18. The van der Waals surface area contributed by atoms with E-state index in [0.717, 1.165) is 0 Å². The van der Waals surface area contributed by atoms with Crippen molar-refractivity contribution >= 4 is 17.3 Å². The number of aliphatic hydroxyl groups excluding tert-OH is 2. The maximum Gasteiger partial charge on any atom is 0.406 e. The summed E-state index contributed by atoms with van der Waals surface area (Å²) in [5, 5.41) is 22.6. The Morgan fingerprint density at radius 3 is 2.40 bits per heavy atom. The van der Waals surface area contributed by atoms with Gasteiger partial charge in [-0.1, -0.05) is 0 Å². The van der Waals surface area contributed by atoms with Gasteiger partial charge in [-0.2, -0.15) is 13.2 Å². The van der Waals surface area contributed by atoms with E-state index in [-0.39, 0.29) is 11.7 Å². The van der Waals surface area contributed by atoms with Crippen LogP contribution in [0.2, 0.25) is 0 Å². The molecule has 10 heteroatoms. The second kappa shape index (κ2) is 6.39. The Bertz CT molecular complexity index is 356. The van der Waals surface area contributed by atoms with E-state index >= 15 is 0 Å². The normalized spacial score (nSPS) is 32.6. The Balaban J connectivity index is 2.70. The van der Waals surface area contributed by atoms with Crippen molar-refractivity contribution in [2.24, 2.45) is 5.73 Å². The zero-order valence-electron chi connectivity index (χ0n) is 11.0. The molecule has 0 aromatic heterocycles. The highest BCUT2D eigenvalue weighted by molar-refractivity contribution is 7.80. The lowest BCUT2D eigenvalue weighted by Crippen LogP contribution is -2.65. The first-order chi connectivity index (χ1) is 9.05. The zero-order chi connectivity index (χ0) is 15.7. The summed E-state index contributed by atoms with van der Waals surface area (Å²) in [5.41, 5.74) is 5.00. The van der Waals surface area contributed by atoms with Gasteiger partial charge in [0.1, 0.15) is 24.4 Å². The van der Waals surface area contributed by atoms with Gasteiger partial charge in [-0.25, -0.2) is 0 Å². The summed E-state index contributed by atoms with van der Waals surface area (Å²) >= 11 is 4.95. The van der Waals surface area contributed by atoms with Gasteiger partial charge < -0.3 is 30.9 Å². The zero-order valence-corrected chi connectivity index (χ0v) is 11.8. The van der Waals surface area contributed by atoms with Crippen LogP contribution in [0.25, 0.3) is 0 Å². The van der Waals surface area contributed by atoms with Gasteiger partial charge in [-0.15, -0.1) is 0 Å². The molecule has 0 aliphatic carbocycles. The van der Waals surface area contributed by atoms with Crippen molar-refractivity contribution in [1.29, 1.82) is 0 Å². The molecule has 1 rings (SSSR count). The Morgan fingerprint density at radius 1 is 1.40 bits per heavy atom. The molecule has 1 aliphatic heterocycles. The van der Waals surface area contributed by atoms with Gasteiger partial charge in [0.2, 0.25) is 0 Å². The molecule has 0 amide bonds. The number of hydrogen-bond donors (Lipinski definition) is 4. The lowest BCUT2D eigenvalue weighted by atomic mass is 9.93. The Morgan fingerprint density at radius 2 is 1.95 bits per heavy atom. The van der Waals surface area contributed by atoms with Gasteiger partial charge in [-0.05, 0) is 12.2 Å². The molecule has 0 saturated carbocycles. The summed E-state index contributed by atoms with van der Waals surface area (Å²) < 4.78 is 42.5. The minimum Gasteiger partial charge on any atom is -0.388 e. The molecule has 0 aromatic carbocycles. The molecule has 1 heterocycles. The number of ether oxygens (including phenoxy) is 1. The van der Waals surface area contributed by atoms with Crippen LogP contribution in [-0.4, -0.2) is 77.5 Å². The van der Waals surface area contributed by atoms with Crippen LogP contribution in [0, 0.1) is 0 Å². The SMILES string of the molecule is CN(C)C(=S)N[C@H]1CO[C@H]([C@H](N)C(F)(F)F)[C@@H](O)[C@@H]1O. The quantitative estimate of drug-likeness (QED) is 0.476. The molecule has 1 saturated heterocycles. The molecule has 5 atom stereocenters. The minimum atomic E-state index is -4.72. The van der Waals surface area contributed by atoms with E-state index in [1.807, 2.05) is 0 Å². The molecule has 0 radical (unpaired) electrons. The van der Waals surface area contributed by atoms with Crippen molar-refractivity contribution < 1.29 is 28.1 Å². The summed E-state index contributed by atoms with van der Waals surface area (Å²) in [6.07, 6.45) is -9.66. The van der Waals surface area contributed by atoms with Gasteiger partial charge in [-0.3, -0.25) is 0 Å². The van der Waals surface area contributed by atoms with Crippen LogP contribution in [0.15, 0.2) is 0 Å². The van der Waals surface area contributed by atoms with E-state index < -0.39 is 36.6 Å². The molecule has 0 unspecified atom stereocenters. The van der Waals surface area contributed by atoms with Crippen LogP contribution in [0.4, 0.5) is 13.2 Å². The Kier molecular flexibility index (Phi) is 5.55. The fourth-order valence-electron chi connectivity index (χ4n) is 1.76. The highest BCUT2D eigenvalue weighted by atomic mass is 32.1. The smallest absolute Gasteiger partial charge is 0.388 e. The summed E-state index contributed by atoms with van der Waals surface area (Å²) in [5.74, 6) is 0. The highest BCUT2D eigenvalue weighted by Crippen LogP contribution is 2.27. The van der Waals surface area contributed by atoms with Gasteiger partial charge >= 0.3 is 6.18 Å². The predicted molar refractivity (Wildman–Crippen MR) is 69.0 cm³/mol. The van der Waals surface area contributed by atoms with E-state index in [4.69, 9.17) is 22.7 Å². The lowest BCUT2D eigenvalue weighted by Gasteiger charge is -2.41. The second-order valence-electron chi connectivity index (χ2n) is 4.80. The summed E-state index contributed by atoms with van der Waals surface area (Å²) in [4.78, 5) is 1.54. The molecule has 5 N–H and O–H groups in total. The van der Waals surface area contributed by atoms with Crippen molar-refractivity contribution in [3.63, 3.8) is 0 Å². The van der Waals surface area contributed by atoms with Gasteiger partial charge in [0.25, 0.3) is 0 Å². The van der Waals surface area contributed by atoms with E-state index in [9.17, 15) is 23.4 Å². The molecule has 6 nitrogen and oxygen atoms in total. The average molecular weight is 317 g/mol. The minimum absolute atomic E-state index is 0.249. The van der Waals surface area contributed by atoms with E-state index in [2.05, 4.69) is 5.32 Å². The predicted octanol–water partition coefficient (Wildman–Crippen LogP) is -1.20. The number of nitrogens with one attached hydrogen (secondary N) is 1. The molecule has 0 spiro atoms. The van der Waals surface area contributed by atoms with Crippen molar-refractivity contribution in [2.75, 3.05) is 20.7 Å². The van der Waals surface area contributed by atoms with E-state index in [1.165, 1.54) is 0 Å². The standard InChI is InChI=1S/C10H18F3N3O3S/c1-16(2)9(20)15-4-3-19-7(6(18)5(4)17)8(14)10(11,12)13/h4-8,17-18H,3,14H2,1-2H3,(H,15,20)/t4-,5+,6-,7-,8-/m0/s1. The summed E-state index contributed by atoms with van der Waals surface area (Å²) in [7, 11) is 3.31. The Labute approximate surface area is 119 Å². The highest BCUT2D eigenvalue weighted by Gasteiger charge is 2.50. The average Bonchev–Trinajstić information content (AvgIpc) is 2.33. The number of halogens is 3. The topological polar surface area (TPSA) is 91.0 Å². The molecule has 1 fully saturated rings. The van der Waals surface area contributed by atoms with Crippen molar-refractivity contribution in [1.82, 2.24) is 10.2 Å². The first kappa shape index (κ1) is 17.4. The van der Waals surface area contributed by atoms with Crippen LogP contribution in [0.1, 0.15) is 0 Å². The summed E-state index contributed by atoms with van der Waals surface area (Å²) in [6, 6.07) is -3.18. The van der Waals surface area contributed by atoms with E-state index in [1.54, 1.807) is 19.0 Å². The molecule has 0 aromatic rings. The van der Waals surface area contributed by atoms with Crippen LogP contribution >= 0.6 is 12.2 Å². The molecule has 1 aliphatic rings. The van der Waals surface area contributed by atoms with Gasteiger partial charge in [0.15, 0.2) is 5.11 Å². The van der Waals surface area contributed by atoms with Crippen molar-refractivity contribution in [3.05, 3.63) is 0 Å². The lowest BCUT2D eigenvalue weighted by molar-refractivity contribution is -0.219. The molecule has 0 bridgehead atoms. The third-order valence-corrected chi connectivity index (χ3v) is 3.50. The molecule has 20 heavy (non-hydrogen) atoms. The first-order valence-corrected chi connectivity index (χ1v) is 6.24. The maximum atomic E-state index is 12.5. The fraction of sp³-hybridized carbons (Fsp3) is 0.900. The van der Waals surface area contributed by atoms with Gasteiger partial charge in [0.05, 0.1) is 12.6 Å². The van der Waals surface area contributed by atoms with Crippen LogP contribution in [-0.2, 0) is 4.74 Å². The third-order valence-electron chi connectivity index (χ3n) is 3.01. The largest absolute Gasteiger partial charge is 0.406 e. The fourth-order valence-corrected chi connectivity index (χ4v) is 1.91. The molecular formula is C10H18F3N3O3S. The van der Waals surface area contributed by atoms with Crippen molar-refractivity contribution in [2.45, 2.75) is 36.6 Å². The maximum absolute atomic E-state index is 12.5. The van der Waals surface area contributed by atoms with Crippen LogP contribution < -0.4 is 11.1 Å². The van der Waals surface area contributed by atoms with E-state index in [0.29, 0.717) is 0 Å².